The molecule has 0 bridgehead atoms. The van der Waals surface area contributed by atoms with Gasteiger partial charge in [-0.2, -0.15) is 0 Å². The van der Waals surface area contributed by atoms with E-state index in [1.807, 2.05) is 47.8 Å². The molecule has 0 aliphatic heterocycles. The van der Waals surface area contributed by atoms with E-state index in [-0.39, 0.29) is 5.97 Å². The molecule has 0 fully saturated rings. The Kier molecular flexibility index (Phi) is 7.77. The number of rotatable bonds is 10. The van der Waals surface area contributed by atoms with Gasteiger partial charge in [-0.15, -0.1) is 11.3 Å². The molecule has 0 atom stereocenters. The highest BCUT2D eigenvalue weighted by molar-refractivity contribution is 7.09. The minimum absolute atomic E-state index is 0.321. The molecule has 0 aliphatic carbocycles. The maximum Gasteiger partial charge on any atom is 0.338 e. The van der Waals surface area contributed by atoms with Crippen LogP contribution in [-0.2, 0) is 28.9 Å². The molecule has 0 spiro atoms. The monoisotopic (exact) mass is 488 g/mol. The Bertz CT molecular complexity index is 1370. The smallest absolute Gasteiger partial charge is 0.338 e. The summed E-state index contributed by atoms with van der Waals surface area (Å²) < 4.78 is 7.05. The number of imidazole rings is 1. The Labute approximate surface area is 208 Å². The van der Waals surface area contributed by atoms with Crippen LogP contribution in [0.25, 0.3) is 16.8 Å². The minimum Gasteiger partial charge on any atom is -0.478 e. The second kappa shape index (κ2) is 11.1. The van der Waals surface area contributed by atoms with Crippen molar-refractivity contribution >= 4 is 40.1 Å². The number of methoxy groups -OCH3 is 1. The van der Waals surface area contributed by atoms with E-state index < -0.39 is 5.97 Å². The third-order valence-corrected chi connectivity index (χ3v) is 6.89. The zero-order valence-corrected chi connectivity index (χ0v) is 20.7. The van der Waals surface area contributed by atoms with E-state index in [1.54, 1.807) is 29.7 Å². The lowest BCUT2D eigenvalue weighted by Crippen LogP contribution is -2.10. The molecule has 0 saturated heterocycles. The molecule has 2 heterocycles. The molecule has 2 aromatic carbocycles. The number of benzene rings is 2. The number of fused-ring (bicyclic) bond motifs is 1. The molecule has 7 heteroatoms. The highest BCUT2D eigenvalue weighted by Crippen LogP contribution is 2.26. The molecule has 0 radical (unpaired) electrons. The number of carboxylic acid groups (broad SMARTS) is 1. The second-order valence-corrected chi connectivity index (χ2v) is 9.36. The van der Waals surface area contributed by atoms with Crippen molar-refractivity contribution in [1.29, 1.82) is 0 Å². The van der Waals surface area contributed by atoms with Gasteiger partial charge in [0.1, 0.15) is 5.82 Å². The molecule has 0 amide bonds. The van der Waals surface area contributed by atoms with E-state index in [1.165, 1.54) is 7.11 Å². The first kappa shape index (κ1) is 24.4. The molecule has 1 N–H and O–H groups in total. The maximum absolute atomic E-state index is 12.3. The van der Waals surface area contributed by atoms with Crippen molar-refractivity contribution in [3.8, 4) is 0 Å². The van der Waals surface area contributed by atoms with Gasteiger partial charge in [0.25, 0.3) is 0 Å². The van der Waals surface area contributed by atoms with Gasteiger partial charge in [-0.05, 0) is 46.3 Å². The van der Waals surface area contributed by atoms with Crippen molar-refractivity contribution in [3.05, 3.63) is 93.2 Å². The number of aliphatic carboxylic acids is 1. The highest BCUT2D eigenvalue weighted by Gasteiger charge is 2.17. The Morgan fingerprint density at radius 2 is 1.91 bits per heavy atom. The maximum atomic E-state index is 12.3. The summed E-state index contributed by atoms with van der Waals surface area (Å²) in [4.78, 5) is 30.0. The third-order valence-electron chi connectivity index (χ3n) is 6.01. The van der Waals surface area contributed by atoms with Gasteiger partial charge in [0.15, 0.2) is 0 Å². The van der Waals surface area contributed by atoms with Crippen molar-refractivity contribution in [3.63, 3.8) is 0 Å². The number of carboxylic acids is 1. The zero-order valence-electron chi connectivity index (χ0n) is 19.9. The van der Waals surface area contributed by atoms with Crippen LogP contribution in [0.4, 0.5) is 0 Å². The summed E-state index contributed by atoms with van der Waals surface area (Å²) in [6, 6.07) is 15.4. The van der Waals surface area contributed by atoms with Crippen LogP contribution in [0, 0.1) is 0 Å². The zero-order chi connectivity index (χ0) is 24.8. The average molecular weight is 489 g/mol. The van der Waals surface area contributed by atoms with Gasteiger partial charge < -0.3 is 14.4 Å². The number of aromatic nitrogens is 2. The Morgan fingerprint density at radius 1 is 1.11 bits per heavy atom. The van der Waals surface area contributed by atoms with Crippen LogP contribution in [0.2, 0.25) is 0 Å². The first-order valence-electron chi connectivity index (χ1n) is 11.6. The number of nitrogens with zero attached hydrogens (tertiary/aromatic N) is 2. The van der Waals surface area contributed by atoms with Gasteiger partial charge in [-0.1, -0.05) is 49.7 Å². The molecular weight excluding hydrogens is 460 g/mol. The quantitative estimate of drug-likeness (QED) is 0.219. The molecule has 180 valence electrons. The summed E-state index contributed by atoms with van der Waals surface area (Å²) in [5.41, 5.74) is 2.62. The molecule has 0 unspecified atom stereocenters. The summed E-state index contributed by atoms with van der Waals surface area (Å²) in [6.07, 6.45) is 6.68. The third kappa shape index (κ3) is 5.52. The van der Waals surface area contributed by atoms with E-state index in [2.05, 4.69) is 16.5 Å². The standard InChI is InChI=1S/C28H28N2O4S/c1-3-4-11-26-29-17-21(15-20(27(31)32)16-22-8-7-14-35-22)30(26)18-19-12-13-25(28(33)34-2)24-10-6-5-9-23(19)24/h5-10,12-15,17H,3-4,11,16,18H2,1-2H3,(H,31,32)/b20-15+. The van der Waals surface area contributed by atoms with Crippen molar-refractivity contribution in [2.75, 3.05) is 7.11 Å². The van der Waals surface area contributed by atoms with E-state index in [4.69, 9.17) is 4.74 Å². The summed E-state index contributed by atoms with van der Waals surface area (Å²) >= 11 is 1.54. The number of esters is 1. The number of carbonyl (C=O) groups is 2. The second-order valence-electron chi connectivity index (χ2n) is 8.33. The first-order chi connectivity index (χ1) is 17.0. The Morgan fingerprint density at radius 3 is 2.60 bits per heavy atom. The van der Waals surface area contributed by atoms with E-state index >= 15 is 0 Å². The summed E-state index contributed by atoms with van der Waals surface area (Å²) in [5.74, 6) is -0.392. The number of hydrogen-bond donors (Lipinski definition) is 1. The predicted molar refractivity (Wildman–Crippen MR) is 139 cm³/mol. The predicted octanol–water partition coefficient (Wildman–Crippen LogP) is 5.99. The number of unbranched alkanes of at least 4 members (excludes halogenated alkanes) is 1. The van der Waals surface area contributed by atoms with Crippen LogP contribution < -0.4 is 0 Å². The number of ether oxygens (including phenoxy) is 1. The molecule has 35 heavy (non-hydrogen) atoms. The van der Waals surface area contributed by atoms with E-state index in [0.29, 0.717) is 24.1 Å². The SMILES string of the molecule is CCCCc1ncc(/C=C(\Cc2cccs2)C(=O)O)n1Cc1ccc(C(=O)OC)c2ccccc12. The van der Waals surface area contributed by atoms with Crippen molar-refractivity contribution in [1.82, 2.24) is 9.55 Å². The number of aryl methyl sites for hydroxylation is 1. The minimum atomic E-state index is -0.936. The van der Waals surface area contributed by atoms with E-state index in [9.17, 15) is 14.7 Å². The lowest BCUT2D eigenvalue weighted by atomic mass is 9.99. The summed E-state index contributed by atoms with van der Waals surface area (Å²) in [6.45, 7) is 2.65. The number of carbonyl (C=O) groups excluding carboxylic acids is 1. The van der Waals surface area contributed by atoms with Crippen LogP contribution in [-0.4, -0.2) is 33.7 Å². The Balaban J connectivity index is 1.78. The fourth-order valence-electron chi connectivity index (χ4n) is 4.19. The molecule has 0 saturated carbocycles. The van der Waals surface area contributed by atoms with Gasteiger partial charge >= 0.3 is 11.9 Å². The summed E-state index contributed by atoms with van der Waals surface area (Å²) in [5, 5.41) is 13.6. The molecule has 4 aromatic rings. The van der Waals surface area contributed by atoms with Gasteiger partial charge in [0.2, 0.25) is 0 Å². The van der Waals surface area contributed by atoms with Crippen LogP contribution in [0.15, 0.2) is 65.7 Å². The van der Waals surface area contributed by atoms with Gasteiger partial charge in [0.05, 0.1) is 24.6 Å². The van der Waals surface area contributed by atoms with Crippen LogP contribution in [0.5, 0.6) is 0 Å². The van der Waals surface area contributed by atoms with Crippen molar-refractivity contribution in [2.24, 2.45) is 0 Å². The fraction of sp³-hybridized carbons (Fsp3) is 0.250. The highest BCUT2D eigenvalue weighted by atomic mass is 32.1. The average Bonchev–Trinajstić information content (AvgIpc) is 3.52. The molecule has 6 nitrogen and oxygen atoms in total. The lowest BCUT2D eigenvalue weighted by Gasteiger charge is -2.15. The van der Waals surface area contributed by atoms with Gasteiger partial charge in [-0.3, -0.25) is 0 Å². The summed E-state index contributed by atoms with van der Waals surface area (Å²) in [7, 11) is 1.38. The van der Waals surface area contributed by atoms with Gasteiger partial charge in [-0.25, -0.2) is 14.6 Å². The molecular formula is C28H28N2O4S. The molecule has 2 aromatic heterocycles. The largest absolute Gasteiger partial charge is 0.478 e. The van der Waals surface area contributed by atoms with Crippen molar-refractivity contribution in [2.45, 2.75) is 39.2 Å². The lowest BCUT2D eigenvalue weighted by molar-refractivity contribution is -0.132. The van der Waals surface area contributed by atoms with Crippen LogP contribution in [0.1, 0.15) is 52.1 Å². The van der Waals surface area contributed by atoms with Crippen LogP contribution in [0.3, 0.4) is 0 Å². The Hall–Kier alpha value is -3.71. The number of thiophene rings is 1. The first-order valence-corrected chi connectivity index (χ1v) is 12.5. The molecule has 0 aliphatic rings. The fourth-order valence-corrected chi connectivity index (χ4v) is 4.91. The number of hydrogen-bond acceptors (Lipinski definition) is 5. The van der Waals surface area contributed by atoms with Crippen molar-refractivity contribution < 1.29 is 19.4 Å². The van der Waals surface area contributed by atoms with Gasteiger partial charge in [0, 0.05) is 29.8 Å². The topological polar surface area (TPSA) is 81.4 Å². The van der Waals surface area contributed by atoms with E-state index in [0.717, 1.165) is 52.0 Å². The van der Waals surface area contributed by atoms with Crippen LogP contribution >= 0.6 is 11.3 Å². The molecule has 4 rings (SSSR count). The normalized spacial score (nSPS) is 11.7.